The molecule has 0 fully saturated rings. The summed E-state index contributed by atoms with van der Waals surface area (Å²) >= 11 is 3.25. The van der Waals surface area contributed by atoms with E-state index in [4.69, 9.17) is 5.73 Å². The second-order valence-electron chi connectivity index (χ2n) is 4.40. The van der Waals surface area contributed by atoms with Crippen molar-refractivity contribution in [2.75, 3.05) is 10.5 Å². The highest BCUT2D eigenvalue weighted by atomic mass is 79.9. The normalized spacial score (nSPS) is 11.3. The van der Waals surface area contributed by atoms with Crippen LogP contribution in [0, 0.1) is 13.8 Å². The van der Waals surface area contributed by atoms with Crippen LogP contribution in [0.1, 0.15) is 11.1 Å². The monoisotopic (exact) mass is 355 g/mol. The van der Waals surface area contributed by atoms with Gasteiger partial charge in [0.05, 0.1) is 9.37 Å². The minimum Gasteiger partial charge on any atom is -0.399 e. The van der Waals surface area contributed by atoms with Gasteiger partial charge in [-0.25, -0.2) is 13.4 Å². The van der Waals surface area contributed by atoms with Crippen LogP contribution < -0.4 is 10.5 Å². The summed E-state index contributed by atoms with van der Waals surface area (Å²) in [5.41, 5.74) is 7.63. The fourth-order valence-corrected chi connectivity index (χ4v) is 3.64. The third kappa shape index (κ3) is 2.94. The molecule has 0 aliphatic carbocycles. The van der Waals surface area contributed by atoms with Gasteiger partial charge >= 0.3 is 0 Å². The van der Waals surface area contributed by atoms with Gasteiger partial charge in [0.25, 0.3) is 10.0 Å². The number of hydrogen-bond donors (Lipinski definition) is 2. The van der Waals surface area contributed by atoms with E-state index < -0.39 is 10.0 Å². The van der Waals surface area contributed by atoms with Crippen LogP contribution in [0.3, 0.4) is 0 Å². The van der Waals surface area contributed by atoms with E-state index in [2.05, 4.69) is 25.6 Å². The first-order chi connectivity index (χ1) is 9.31. The van der Waals surface area contributed by atoms with Gasteiger partial charge < -0.3 is 5.73 Å². The Bertz CT molecular complexity index is 760. The Morgan fingerprint density at radius 2 is 2.00 bits per heavy atom. The predicted octanol–water partition coefficient (Wildman–Crippen LogP) is 2.84. The summed E-state index contributed by atoms with van der Waals surface area (Å²) in [6, 6.07) is 6.60. The number of nitrogens with zero attached hydrogens (tertiary/aromatic N) is 1. The molecule has 0 aliphatic heterocycles. The molecule has 2 aromatic rings. The summed E-state index contributed by atoms with van der Waals surface area (Å²) in [6.45, 7) is 3.57. The van der Waals surface area contributed by atoms with Crippen molar-refractivity contribution in [1.29, 1.82) is 0 Å². The molecule has 0 saturated carbocycles. The lowest BCUT2D eigenvalue weighted by molar-refractivity contribution is 0.600. The van der Waals surface area contributed by atoms with Crippen LogP contribution in [0.25, 0.3) is 0 Å². The molecule has 1 heterocycles. The van der Waals surface area contributed by atoms with Crippen molar-refractivity contribution in [1.82, 2.24) is 4.98 Å². The lowest BCUT2D eigenvalue weighted by atomic mass is 10.1. The van der Waals surface area contributed by atoms with Crippen LogP contribution in [-0.4, -0.2) is 13.4 Å². The second kappa shape index (κ2) is 5.41. The van der Waals surface area contributed by atoms with Crippen molar-refractivity contribution in [3.8, 4) is 0 Å². The molecule has 1 aromatic heterocycles. The van der Waals surface area contributed by atoms with Crippen LogP contribution in [0.5, 0.6) is 0 Å². The van der Waals surface area contributed by atoms with Gasteiger partial charge in [0.1, 0.15) is 0 Å². The number of nitrogen functional groups attached to an aromatic ring is 1. The van der Waals surface area contributed by atoms with Crippen molar-refractivity contribution in [2.45, 2.75) is 18.7 Å². The number of rotatable bonds is 3. The fourth-order valence-electron chi connectivity index (χ4n) is 1.78. The van der Waals surface area contributed by atoms with Crippen LogP contribution in [0.15, 0.2) is 39.8 Å². The van der Waals surface area contributed by atoms with Crippen molar-refractivity contribution < 1.29 is 8.42 Å². The van der Waals surface area contributed by atoms with Crippen LogP contribution in [-0.2, 0) is 10.0 Å². The fraction of sp³-hybridized carbons (Fsp3) is 0.154. The quantitative estimate of drug-likeness (QED) is 0.829. The SMILES string of the molecule is Cc1cc(N)cc(S(=O)(=O)Nc2ncccc2Br)c1C. The Labute approximate surface area is 126 Å². The zero-order valence-corrected chi connectivity index (χ0v) is 13.4. The van der Waals surface area contributed by atoms with E-state index in [1.165, 1.54) is 12.3 Å². The summed E-state index contributed by atoms with van der Waals surface area (Å²) in [5, 5.41) is 0. The average molecular weight is 356 g/mol. The number of nitrogens with two attached hydrogens (primary N) is 1. The third-order valence-corrected chi connectivity index (χ3v) is 5.03. The molecule has 1 aromatic carbocycles. The lowest BCUT2D eigenvalue weighted by Crippen LogP contribution is -2.16. The van der Waals surface area contributed by atoms with Gasteiger partial charge in [-0.15, -0.1) is 0 Å². The number of anilines is 2. The molecule has 0 bridgehead atoms. The smallest absolute Gasteiger partial charge is 0.263 e. The molecule has 0 aliphatic rings. The topological polar surface area (TPSA) is 85.1 Å². The maximum Gasteiger partial charge on any atom is 0.263 e. The molecule has 0 radical (unpaired) electrons. The molecule has 2 rings (SSSR count). The molecular formula is C13H14BrN3O2S. The minimum atomic E-state index is -3.73. The number of sulfonamides is 1. The Hall–Kier alpha value is -1.60. The third-order valence-electron chi connectivity index (χ3n) is 2.92. The lowest BCUT2D eigenvalue weighted by Gasteiger charge is -2.13. The largest absolute Gasteiger partial charge is 0.399 e. The summed E-state index contributed by atoms with van der Waals surface area (Å²) in [7, 11) is -3.73. The van der Waals surface area contributed by atoms with Gasteiger partial charge in [0.2, 0.25) is 0 Å². The molecule has 3 N–H and O–H groups in total. The number of pyridine rings is 1. The highest BCUT2D eigenvalue weighted by Gasteiger charge is 2.20. The summed E-state index contributed by atoms with van der Waals surface area (Å²) in [4.78, 5) is 4.15. The first-order valence-electron chi connectivity index (χ1n) is 5.81. The Balaban J connectivity index is 2.49. The molecule has 0 spiro atoms. The molecule has 0 saturated heterocycles. The molecule has 20 heavy (non-hydrogen) atoms. The maximum absolute atomic E-state index is 12.5. The van der Waals surface area contributed by atoms with Crippen molar-refractivity contribution in [3.63, 3.8) is 0 Å². The van der Waals surface area contributed by atoms with Crippen molar-refractivity contribution >= 4 is 37.5 Å². The van der Waals surface area contributed by atoms with E-state index in [1.54, 1.807) is 25.1 Å². The zero-order chi connectivity index (χ0) is 14.9. The second-order valence-corrected chi connectivity index (χ2v) is 6.91. The Morgan fingerprint density at radius 3 is 2.65 bits per heavy atom. The number of benzene rings is 1. The van der Waals surface area contributed by atoms with Crippen molar-refractivity contribution in [2.24, 2.45) is 0 Å². The number of nitrogens with one attached hydrogen (secondary N) is 1. The molecular weight excluding hydrogens is 342 g/mol. The molecule has 0 amide bonds. The maximum atomic E-state index is 12.5. The van der Waals surface area contributed by atoms with E-state index in [9.17, 15) is 8.42 Å². The van der Waals surface area contributed by atoms with E-state index in [0.29, 0.717) is 15.7 Å². The Kier molecular flexibility index (Phi) is 4.01. The summed E-state index contributed by atoms with van der Waals surface area (Å²) < 4.78 is 27.9. The van der Waals surface area contributed by atoms with Crippen LogP contribution in [0.4, 0.5) is 11.5 Å². The van der Waals surface area contributed by atoms with Crippen LogP contribution >= 0.6 is 15.9 Å². The summed E-state index contributed by atoms with van der Waals surface area (Å²) in [5.74, 6) is 0.243. The highest BCUT2D eigenvalue weighted by Crippen LogP contribution is 2.26. The van der Waals surface area contributed by atoms with E-state index >= 15 is 0 Å². The van der Waals surface area contributed by atoms with Crippen molar-refractivity contribution in [3.05, 3.63) is 46.1 Å². The van der Waals surface area contributed by atoms with Gasteiger partial charge in [-0.05, 0) is 65.2 Å². The number of hydrogen-bond acceptors (Lipinski definition) is 4. The number of halogens is 1. The van der Waals surface area contributed by atoms with Gasteiger partial charge in [-0.1, -0.05) is 0 Å². The van der Waals surface area contributed by atoms with Gasteiger partial charge in [0.15, 0.2) is 5.82 Å². The average Bonchev–Trinajstić information content (AvgIpc) is 2.36. The van der Waals surface area contributed by atoms with E-state index in [0.717, 1.165) is 5.56 Å². The highest BCUT2D eigenvalue weighted by molar-refractivity contribution is 9.10. The van der Waals surface area contributed by atoms with Gasteiger partial charge in [-0.2, -0.15) is 0 Å². The summed E-state index contributed by atoms with van der Waals surface area (Å²) in [6.07, 6.45) is 1.51. The minimum absolute atomic E-state index is 0.160. The zero-order valence-electron chi connectivity index (χ0n) is 11.0. The van der Waals surface area contributed by atoms with E-state index in [1.807, 2.05) is 6.92 Å². The first kappa shape index (κ1) is 14.8. The van der Waals surface area contributed by atoms with Gasteiger partial charge in [-0.3, -0.25) is 4.72 Å². The number of aromatic nitrogens is 1. The molecule has 7 heteroatoms. The van der Waals surface area contributed by atoms with E-state index in [-0.39, 0.29) is 10.7 Å². The van der Waals surface area contributed by atoms with Crippen LogP contribution in [0.2, 0.25) is 0 Å². The predicted molar refractivity (Wildman–Crippen MR) is 83.1 cm³/mol. The molecule has 0 unspecified atom stereocenters. The number of aryl methyl sites for hydroxylation is 1. The molecule has 106 valence electrons. The Morgan fingerprint density at radius 1 is 1.30 bits per heavy atom. The standard InChI is InChI=1S/C13H14BrN3O2S/c1-8-6-10(15)7-12(9(8)2)20(18,19)17-13-11(14)4-3-5-16-13/h3-7H,15H2,1-2H3,(H,16,17). The van der Waals surface area contributed by atoms with Gasteiger partial charge in [0, 0.05) is 11.9 Å². The molecule has 0 atom stereocenters. The first-order valence-corrected chi connectivity index (χ1v) is 8.09. The molecule has 5 nitrogen and oxygen atoms in total.